The summed E-state index contributed by atoms with van der Waals surface area (Å²) in [6, 6.07) is 0.253. The van der Waals surface area contributed by atoms with E-state index in [0.717, 1.165) is 5.01 Å². The molecule has 1 aromatic rings. The maximum absolute atomic E-state index is 11.8. The number of ether oxygens (including phenoxy) is 1. The van der Waals surface area contributed by atoms with E-state index in [0.29, 0.717) is 18.0 Å². The molecule has 5 nitrogen and oxygen atoms in total. The van der Waals surface area contributed by atoms with E-state index in [9.17, 15) is 4.79 Å². The molecular formula is C12H21N3O2S. The number of carbonyl (C=O) groups is 1. The van der Waals surface area contributed by atoms with E-state index >= 15 is 0 Å². The fraction of sp³-hybridized carbons (Fsp3) is 0.667. The van der Waals surface area contributed by atoms with Gasteiger partial charge in [-0.05, 0) is 27.8 Å². The highest BCUT2D eigenvalue weighted by Gasteiger charge is 2.14. The van der Waals surface area contributed by atoms with Crippen LogP contribution in [0.3, 0.4) is 0 Å². The summed E-state index contributed by atoms with van der Waals surface area (Å²) in [5, 5.41) is 6.76. The Morgan fingerprint density at radius 1 is 1.56 bits per heavy atom. The first kappa shape index (κ1) is 15.1. The molecule has 0 aliphatic carbocycles. The molecule has 0 saturated carbocycles. The van der Waals surface area contributed by atoms with Gasteiger partial charge in [0.25, 0.3) is 5.91 Å². The summed E-state index contributed by atoms with van der Waals surface area (Å²) in [7, 11) is 1.87. The number of amides is 1. The maximum Gasteiger partial charge on any atom is 0.263 e. The SMILES string of the molecule is CCOC(C)c1ncc(C(=O)NCC(C)NC)s1. The zero-order valence-corrected chi connectivity index (χ0v) is 12.1. The van der Waals surface area contributed by atoms with E-state index in [1.54, 1.807) is 6.20 Å². The molecule has 1 rings (SSSR count). The molecule has 0 bridgehead atoms. The number of thiazole rings is 1. The monoisotopic (exact) mass is 271 g/mol. The van der Waals surface area contributed by atoms with Crippen molar-refractivity contribution < 1.29 is 9.53 Å². The molecule has 1 heterocycles. The summed E-state index contributed by atoms with van der Waals surface area (Å²) in [6.45, 7) is 7.13. The summed E-state index contributed by atoms with van der Waals surface area (Å²) in [6.07, 6.45) is 1.55. The normalized spacial score (nSPS) is 14.2. The lowest BCUT2D eigenvalue weighted by molar-refractivity contribution is 0.0762. The lowest BCUT2D eigenvalue weighted by Crippen LogP contribution is -2.36. The standard InChI is InChI=1S/C12H21N3O2S/c1-5-17-9(3)12-15-7-10(18-12)11(16)14-6-8(2)13-4/h7-9,13H,5-6H2,1-4H3,(H,14,16). The van der Waals surface area contributed by atoms with Gasteiger partial charge in [-0.25, -0.2) is 4.98 Å². The van der Waals surface area contributed by atoms with Gasteiger partial charge in [-0.15, -0.1) is 11.3 Å². The van der Waals surface area contributed by atoms with Crippen molar-refractivity contribution >= 4 is 17.2 Å². The van der Waals surface area contributed by atoms with Gasteiger partial charge in [0, 0.05) is 19.2 Å². The number of hydrogen-bond donors (Lipinski definition) is 2. The van der Waals surface area contributed by atoms with Crippen molar-refractivity contribution in [2.75, 3.05) is 20.2 Å². The molecule has 6 heteroatoms. The Labute approximate surface area is 112 Å². The highest BCUT2D eigenvalue weighted by molar-refractivity contribution is 7.13. The van der Waals surface area contributed by atoms with Gasteiger partial charge in [-0.3, -0.25) is 4.79 Å². The quantitative estimate of drug-likeness (QED) is 0.790. The number of nitrogens with one attached hydrogen (secondary N) is 2. The molecule has 2 atom stereocenters. The summed E-state index contributed by atoms with van der Waals surface area (Å²) in [5.74, 6) is -0.0791. The van der Waals surface area contributed by atoms with Crippen molar-refractivity contribution in [1.82, 2.24) is 15.6 Å². The predicted octanol–water partition coefficient (Wildman–Crippen LogP) is 1.58. The van der Waals surface area contributed by atoms with Crippen LogP contribution in [0.25, 0.3) is 0 Å². The van der Waals surface area contributed by atoms with Gasteiger partial charge in [0.1, 0.15) is 16.0 Å². The number of hydrogen-bond acceptors (Lipinski definition) is 5. The van der Waals surface area contributed by atoms with Gasteiger partial charge in [0.2, 0.25) is 0 Å². The predicted molar refractivity (Wildman–Crippen MR) is 73.0 cm³/mol. The van der Waals surface area contributed by atoms with Crippen molar-refractivity contribution in [3.05, 3.63) is 16.1 Å². The minimum Gasteiger partial charge on any atom is -0.372 e. The van der Waals surface area contributed by atoms with Crippen LogP contribution in [0.1, 0.15) is 41.6 Å². The second-order valence-electron chi connectivity index (χ2n) is 4.06. The minimum absolute atomic E-state index is 0.0576. The zero-order chi connectivity index (χ0) is 13.5. The van der Waals surface area contributed by atoms with Crippen LogP contribution in [0.5, 0.6) is 0 Å². The summed E-state index contributed by atoms with van der Waals surface area (Å²) < 4.78 is 5.44. The molecule has 1 amide bonds. The Balaban J connectivity index is 2.54. The van der Waals surface area contributed by atoms with Crippen LogP contribution in [0.2, 0.25) is 0 Å². The van der Waals surface area contributed by atoms with Crippen LogP contribution < -0.4 is 10.6 Å². The largest absolute Gasteiger partial charge is 0.372 e. The fourth-order valence-corrected chi connectivity index (χ4v) is 2.17. The number of aromatic nitrogens is 1. The number of likely N-dealkylation sites (N-methyl/N-ethyl adjacent to an activating group) is 1. The van der Waals surface area contributed by atoms with Crippen LogP contribution in [0, 0.1) is 0 Å². The summed E-state index contributed by atoms with van der Waals surface area (Å²) in [4.78, 5) is 16.7. The Morgan fingerprint density at radius 2 is 2.28 bits per heavy atom. The van der Waals surface area contributed by atoms with Crippen molar-refractivity contribution in [2.24, 2.45) is 0 Å². The van der Waals surface area contributed by atoms with Gasteiger partial charge < -0.3 is 15.4 Å². The van der Waals surface area contributed by atoms with Gasteiger partial charge in [0.15, 0.2) is 0 Å². The van der Waals surface area contributed by atoms with E-state index in [1.165, 1.54) is 11.3 Å². The van der Waals surface area contributed by atoms with Gasteiger partial charge in [0.05, 0.1) is 6.20 Å². The highest BCUT2D eigenvalue weighted by Crippen LogP contribution is 2.22. The van der Waals surface area contributed by atoms with E-state index in [4.69, 9.17) is 4.74 Å². The highest BCUT2D eigenvalue weighted by atomic mass is 32.1. The van der Waals surface area contributed by atoms with Gasteiger partial charge >= 0.3 is 0 Å². The average Bonchev–Trinajstić information content (AvgIpc) is 2.85. The third-order valence-electron chi connectivity index (χ3n) is 2.57. The van der Waals surface area contributed by atoms with E-state index in [-0.39, 0.29) is 18.1 Å². The smallest absolute Gasteiger partial charge is 0.263 e. The Hall–Kier alpha value is -0.980. The first-order valence-electron chi connectivity index (χ1n) is 6.11. The lowest BCUT2D eigenvalue weighted by Gasteiger charge is -2.10. The molecular weight excluding hydrogens is 250 g/mol. The minimum atomic E-state index is -0.0791. The van der Waals surface area contributed by atoms with Crippen LogP contribution >= 0.6 is 11.3 Å². The van der Waals surface area contributed by atoms with Crippen molar-refractivity contribution in [1.29, 1.82) is 0 Å². The third-order valence-corrected chi connectivity index (χ3v) is 3.73. The lowest BCUT2D eigenvalue weighted by atomic mass is 10.3. The molecule has 0 aliphatic rings. The van der Waals surface area contributed by atoms with E-state index in [1.807, 2.05) is 27.8 Å². The van der Waals surface area contributed by atoms with Crippen LogP contribution in [0.15, 0.2) is 6.20 Å². The fourth-order valence-electron chi connectivity index (χ4n) is 1.34. The molecule has 0 fully saturated rings. The van der Waals surface area contributed by atoms with E-state index in [2.05, 4.69) is 15.6 Å². The molecule has 0 aromatic carbocycles. The topological polar surface area (TPSA) is 63.2 Å². The number of rotatable bonds is 7. The van der Waals surface area contributed by atoms with Crippen molar-refractivity contribution in [3.63, 3.8) is 0 Å². The number of nitrogens with zero attached hydrogens (tertiary/aromatic N) is 1. The Bertz CT molecular complexity index is 381. The first-order chi connectivity index (χ1) is 8.58. The van der Waals surface area contributed by atoms with E-state index < -0.39 is 0 Å². The molecule has 0 spiro atoms. The average molecular weight is 271 g/mol. The molecule has 0 radical (unpaired) electrons. The molecule has 2 N–H and O–H groups in total. The second-order valence-corrected chi connectivity index (χ2v) is 5.12. The van der Waals surface area contributed by atoms with Gasteiger partial charge in [-0.1, -0.05) is 0 Å². The van der Waals surface area contributed by atoms with Crippen LogP contribution in [0.4, 0.5) is 0 Å². The molecule has 0 saturated heterocycles. The second kappa shape index (κ2) is 7.45. The zero-order valence-electron chi connectivity index (χ0n) is 11.3. The Kier molecular flexibility index (Phi) is 6.24. The summed E-state index contributed by atoms with van der Waals surface area (Å²) >= 11 is 1.38. The number of carbonyl (C=O) groups excluding carboxylic acids is 1. The van der Waals surface area contributed by atoms with Crippen LogP contribution in [-0.2, 0) is 4.74 Å². The van der Waals surface area contributed by atoms with Crippen molar-refractivity contribution in [2.45, 2.75) is 32.9 Å². The Morgan fingerprint density at radius 3 is 2.89 bits per heavy atom. The first-order valence-corrected chi connectivity index (χ1v) is 6.92. The maximum atomic E-state index is 11.8. The third kappa shape index (κ3) is 4.36. The summed E-state index contributed by atoms with van der Waals surface area (Å²) in [5.41, 5.74) is 0. The van der Waals surface area contributed by atoms with Crippen molar-refractivity contribution in [3.8, 4) is 0 Å². The molecule has 0 aliphatic heterocycles. The molecule has 2 unspecified atom stereocenters. The van der Waals surface area contributed by atoms with Crippen LogP contribution in [-0.4, -0.2) is 37.1 Å². The molecule has 1 aromatic heterocycles. The van der Waals surface area contributed by atoms with Gasteiger partial charge in [-0.2, -0.15) is 0 Å². The molecule has 102 valence electrons. The molecule has 18 heavy (non-hydrogen) atoms.